The van der Waals surface area contributed by atoms with Crippen LogP contribution < -0.4 is 0 Å². The van der Waals surface area contributed by atoms with Crippen molar-refractivity contribution >= 4 is 22.7 Å². The van der Waals surface area contributed by atoms with Crippen molar-refractivity contribution in [2.75, 3.05) is 0 Å². The summed E-state index contributed by atoms with van der Waals surface area (Å²) < 4.78 is 0. The molecule has 0 fully saturated rings. The summed E-state index contributed by atoms with van der Waals surface area (Å²) in [5, 5.41) is -0.713. The van der Waals surface area contributed by atoms with E-state index in [2.05, 4.69) is 4.99 Å². The van der Waals surface area contributed by atoms with Gasteiger partial charge in [-0.3, -0.25) is 4.79 Å². The second-order valence-electron chi connectivity index (χ2n) is 3.95. The van der Waals surface area contributed by atoms with E-state index in [1.54, 1.807) is 0 Å². The highest BCUT2D eigenvalue weighted by Crippen LogP contribution is 2.13. The van der Waals surface area contributed by atoms with Crippen molar-refractivity contribution in [3.8, 4) is 0 Å². The number of benzene rings is 2. The fraction of sp³-hybridized carbons (Fsp3) is 0.0667. The van der Waals surface area contributed by atoms with Gasteiger partial charge in [0.15, 0.2) is 0 Å². The first-order valence-electron chi connectivity index (χ1n) is 5.57. The fourth-order valence-corrected chi connectivity index (χ4v) is 1.78. The van der Waals surface area contributed by atoms with Gasteiger partial charge in [-0.15, -0.1) is 0 Å². The molecule has 2 aromatic carbocycles. The monoisotopic (exact) mass is 257 g/mol. The third kappa shape index (κ3) is 3.05. The third-order valence-electron chi connectivity index (χ3n) is 2.57. The molecule has 0 spiro atoms. The van der Waals surface area contributed by atoms with E-state index in [-0.39, 0.29) is 0 Å². The van der Waals surface area contributed by atoms with Gasteiger partial charge >= 0.3 is 5.37 Å². The molecule has 0 N–H and O–H groups in total. The van der Waals surface area contributed by atoms with Gasteiger partial charge in [-0.25, -0.2) is 0 Å². The Hall–Kier alpha value is -1.93. The zero-order valence-corrected chi connectivity index (χ0v) is 10.7. The molecule has 0 aromatic heterocycles. The molecule has 0 aliphatic heterocycles. The van der Waals surface area contributed by atoms with Crippen molar-refractivity contribution in [3.63, 3.8) is 0 Å². The van der Waals surface area contributed by atoms with Crippen molar-refractivity contribution in [1.82, 2.24) is 0 Å². The summed E-state index contributed by atoms with van der Waals surface area (Å²) >= 11 is 5.38. The molecule has 0 aliphatic carbocycles. The summed E-state index contributed by atoms with van der Waals surface area (Å²) in [6.07, 6.45) is 0. The molecule has 2 nitrogen and oxygen atoms in total. The van der Waals surface area contributed by atoms with Crippen LogP contribution in [0.25, 0.3) is 0 Å². The first kappa shape index (κ1) is 12.5. The van der Waals surface area contributed by atoms with Crippen molar-refractivity contribution in [2.24, 2.45) is 4.99 Å². The average molecular weight is 258 g/mol. The van der Waals surface area contributed by atoms with Gasteiger partial charge in [0.2, 0.25) is 0 Å². The molecular formula is C15H12ClNO. The SMILES string of the molecule is Cc1ccc(/C(=N\C(=O)Cl)c2ccccc2)cc1. The Bertz CT molecular complexity index is 573. The van der Waals surface area contributed by atoms with E-state index in [9.17, 15) is 4.79 Å². The minimum absolute atomic E-state index is 0.593. The number of aryl methyl sites for hydroxylation is 1. The Balaban J connectivity index is 2.51. The first-order valence-corrected chi connectivity index (χ1v) is 5.95. The van der Waals surface area contributed by atoms with Crippen molar-refractivity contribution in [2.45, 2.75) is 6.92 Å². The molecular weight excluding hydrogens is 246 g/mol. The highest BCUT2D eigenvalue weighted by molar-refractivity contribution is 6.64. The normalized spacial score (nSPS) is 11.3. The molecule has 0 aliphatic rings. The van der Waals surface area contributed by atoms with Gasteiger partial charge in [0.25, 0.3) is 0 Å². The van der Waals surface area contributed by atoms with Crippen LogP contribution in [0.5, 0.6) is 0 Å². The number of hydrogen-bond acceptors (Lipinski definition) is 1. The first-order chi connectivity index (χ1) is 8.66. The molecule has 0 saturated carbocycles. The topological polar surface area (TPSA) is 29.4 Å². The molecule has 2 aromatic rings. The second kappa shape index (κ2) is 5.61. The molecule has 0 radical (unpaired) electrons. The standard InChI is InChI=1S/C15H12ClNO/c1-11-7-9-13(10-8-11)14(17-15(16)18)12-5-3-2-4-6-12/h2-10H,1H3/b17-14-. The molecule has 0 bridgehead atoms. The fourth-order valence-electron chi connectivity index (χ4n) is 1.69. The lowest BCUT2D eigenvalue weighted by Crippen LogP contribution is -2.04. The molecule has 0 saturated heterocycles. The van der Waals surface area contributed by atoms with Crippen LogP contribution in [0.1, 0.15) is 16.7 Å². The van der Waals surface area contributed by atoms with Crippen LogP contribution in [0.4, 0.5) is 4.79 Å². The summed E-state index contributed by atoms with van der Waals surface area (Å²) in [4.78, 5) is 14.9. The molecule has 0 heterocycles. The summed E-state index contributed by atoms with van der Waals surface area (Å²) in [5.74, 6) is 0. The van der Waals surface area contributed by atoms with E-state index in [1.807, 2.05) is 61.5 Å². The molecule has 2 rings (SSSR count). The number of nitrogens with zero attached hydrogens (tertiary/aromatic N) is 1. The lowest BCUT2D eigenvalue weighted by Gasteiger charge is -2.06. The van der Waals surface area contributed by atoms with Gasteiger partial charge in [0.05, 0.1) is 5.71 Å². The zero-order chi connectivity index (χ0) is 13.0. The van der Waals surface area contributed by atoms with Gasteiger partial charge < -0.3 is 0 Å². The molecule has 18 heavy (non-hydrogen) atoms. The third-order valence-corrected chi connectivity index (χ3v) is 2.66. The lowest BCUT2D eigenvalue weighted by molar-refractivity contribution is 0.266. The number of carbonyl (C=O) groups excluding carboxylic acids is 1. The summed E-state index contributed by atoms with van der Waals surface area (Å²) in [7, 11) is 0. The van der Waals surface area contributed by atoms with E-state index >= 15 is 0 Å². The highest BCUT2D eigenvalue weighted by atomic mass is 35.5. The second-order valence-corrected chi connectivity index (χ2v) is 4.27. The van der Waals surface area contributed by atoms with E-state index in [0.29, 0.717) is 5.71 Å². The van der Waals surface area contributed by atoms with Crippen LogP contribution in [-0.4, -0.2) is 11.1 Å². The summed E-state index contributed by atoms with van der Waals surface area (Å²) in [6.45, 7) is 2.01. The minimum Gasteiger partial charge on any atom is -0.253 e. The minimum atomic E-state index is -0.713. The van der Waals surface area contributed by atoms with Crippen LogP contribution in [-0.2, 0) is 0 Å². The average Bonchev–Trinajstić information content (AvgIpc) is 2.38. The van der Waals surface area contributed by atoms with Crippen LogP contribution in [0.2, 0.25) is 0 Å². The predicted octanol–water partition coefficient (Wildman–Crippen LogP) is 4.19. The molecule has 90 valence electrons. The Kier molecular flexibility index (Phi) is 3.90. The van der Waals surface area contributed by atoms with E-state index in [0.717, 1.165) is 16.7 Å². The largest absolute Gasteiger partial charge is 0.340 e. The predicted molar refractivity (Wildman–Crippen MR) is 74.5 cm³/mol. The Morgan fingerprint density at radius 2 is 1.50 bits per heavy atom. The van der Waals surface area contributed by atoms with Crippen molar-refractivity contribution in [3.05, 3.63) is 71.3 Å². The zero-order valence-electron chi connectivity index (χ0n) is 9.93. The van der Waals surface area contributed by atoms with Gasteiger partial charge in [-0.05, 0) is 18.5 Å². The maximum absolute atomic E-state index is 11.0. The van der Waals surface area contributed by atoms with Gasteiger partial charge in [-0.2, -0.15) is 4.99 Å². The Morgan fingerprint density at radius 1 is 0.944 bits per heavy atom. The van der Waals surface area contributed by atoms with Crippen LogP contribution >= 0.6 is 11.6 Å². The van der Waals surface area contributed by atoms with E-state index < -0.39 is 5.37 Å². The number of carbonyl (C=O) groups is 1. The Morgan fingerprint density at radius 3 is 2.06 bits per heavy atom. The van der Waals surface area contributed by atoms with Gasteiger partial charge in [0.1, 0.15) is 0 Å². The van der Waals surface area contributed by atoms with E-state index in [1.165, 1.54) is 0 Å². The molecule has 0 atom stereocenters. The van der Waals surface area contributed by atoms with Gasteiger partial charge in [-0.1, -0.05) is 60.2 Å². The molecule has 1 amide bonds. The lowest BCUT2D eigenvalue weighted by atomic mass is 10.0. The summed E-state index contributed by atoms with van der Waals surface area (Å²) in [6, 6.07) is 17.3. The van der Waals surface area contributed by atoms with Crippen LogP contribution in [0.3, 0.4) is 0 Å². The van der Waals surface area contributed by atoms with Crippen molar-refractivity contribution < 1.29 is 4.79 Å². The van der Waals surface area contributed by atoms with Crippen LogP contribution in [0, 0.1) is 6.92 Å². The quantitative estimate of drug-likeness (QED) is 0.451. The van der Waals surface area contributed by atoms with E-state index in [4.69, 9.17) is 11.6 Å². The maximum Gasteiger partial charge on any atom is 0.340 e. The molecule has 0 unspecified atom stereocenters. The summed E-state index contributed by atoms with van der Waals surface area (Å²) in [5.41, 5.74) is 3.50. The number of rotatable bonds is 2. The van der Waals surface area contributed by atoms with Crippen LogP contribution in [0.15, 0.2) is 59.6 Å². The van der Waals surface area contributed by atoms with Gasteiger partial charge in [0, 0.05) is 11.1 Å². The smallest absolute Gasteiger partial charge is 0.253 e. The number of aliphatic imine (C=N–C) groups is 1. The Labute approximate surface area is 111 Å². The maximum atomic E-state index is 11.0. The number of halogens is 1. The number of hydrogen-bond donors (Lipinski definition) is 0. The molecule has 3 heteroatoms. The van der Waals surface area contributed by atoms with Crippen molar-refractivity contribution in [1.29, 1.82) is 0 Å². The number of amides is 1. The highest BCUT2D eigenvalue weighted by Gasteiger charge is 2.08.